The van der Waals surface area contributed by atoms with Gasteiger partial charge in [-0.3, -0.25) is 0 Å². The molecule has 0 unspecified atom stereocenters. The molecule has 0 saturated carbocycles. The molecule has 0 aromatic rings. The second-order valence-corrected chi connectivity index (χ2v) is 7.28. The summed E-state index contributed by atoms with van der Waals surface area (Å²) >= 11 is 0. The number of nitrogens with one attached hydrogen (secondary N) is 1. The molecule has 0 aromatic heterocycles. The summed E-state index contributed by atoms with van der Waals surface area (Å²) in [6.45, 7) is -0.255. The largest absolute Gasteiger partial charge is 0.511 e. The number of halogens is 3. The highest BCUT2D eigenvalue weighted by molar-refractivity contribution is 7.90. The maximum atomic E-state index is 12.8. The third-order valence-corrected chi connectivity index (χ3v) is 5.46. The van der Waals surface area contributed by atoms with E-state index in [4.69, 9.17) is 5.11 Å². The number of alkyl halides is 3. The molecule has 0 aromatic carbocycles. The van der Waals surface area contributed by atoms with Crippen molar-refractivity contribution in [2.45, 2.75) is 42.9 Å². The van der Waals surface area contributed by atoms with Crippen LogP contribution in [0, 0.1) is 0 Å². The summed E-state index contributed by atoms with van der Waals surface area (Å²) in [5.74, 6) is 0. The van der Waals surface area contributed by atoms with Crippen LogP contribution in [0.5, 0.6) is 0 Å². The standard InChI is InChI=1S/C13H19F3N2O3S/c14-13(15,16)22(20,21)18-7-2-1-6-12(18)8-10-4-3-5-11(9-19)17-10/h1,3-4,6,10-12,17,19H,2,5,7-9H2/t10-,11+,12+/m0/s1. The molecular formula is C13H19F3N2O3S. The molecule has 2 rings (SSSR count). The Morgan fingerprint density at radius 1 is 1.27 bits per heavy atom. The van der Waals surface area contributed by atoms with Crippen LogP contribution in [0.2, 0.25) is 0 Å². The maximum absolute atomic E-state index is 12.8. The highest BCUT2D eigenvalue weighted by Crippen LogP contribution is 2.31. The van der Waals surface area contributed by atoms with Crippen LogP contribution in [-0.4, -0.2) is 54.6 Å². The zero-order valence-electron chi connectivity index (χ0n) is 11.8. The first-order valence-electron chi connectivity index (χ1n) is 7.04. The summed E-state index contributed by atoms with van der Waals surface area (Å²) in [4.78, 5) is 0. The molecule has 2 heterocycles. The molecule has 0 fully saturated rings. The molecule has 0 amide bonds. The smallest absolute Gasteiger partial charge is 0.395 e. The van der Waals surface area contributed by atoms with E-state index in [1.54, 1.807) is 12.2 Å². The Bertz CT molecular complexity index is 545. The number of nitrogens with zero attached hydrogens (tertiary/aromatic N) is 1. The summed E-state index contributed by atoms with van der Waals surface area (Å²) in [5, 5.41) is 12.2. The van der Waals surface area contributed by atoms with Crippen LogP contribution in [-0.2, 0) is 10.0 Å². The Balaban J connectivity index is 2.14. The van der Waals surface area contributed by atoms with Gasteiger partial charge in [-0.05, 0) is 19.3 Å². The number of sulfonamides is 1. The van der Waals surface area contributed by atoms with Gasteiger partial charge in [0, 0.05) is 24.7 Å². The van der Waals surface area contributed by atoms with Crippen LogP contribution in [0.3, 0.4) is 0 Å². The average Bonchev–Trinajstić information content (AvgIpc) is 2.46. The molecule has 0 aliphatic carbocycles. The van der Waals surface area contributed by atoms with Crippen molar-refractivity contribution < 1.29 is 26.7 Å². The molecule has 2 N–H and O–H groups in total. The van der Waals surface area contributed by atoms with Crippen LogP contribution in [0.1, 0.15) is 19.3 Å². The Morgan fingerprint density at radius 2 is 2.00 bits per heavy atom. The van der Waals surface area contributed by atoms with Gasteiger partial charge in [0.1, 0.15) is 0 Å². The summed E-state index contributed by atoms with van der Waals surface area (Å²) in [6, 6.07) is -1.28. The highest BCUT2D eigenvalue weighted by Gasteiger charge is 2.51. The number of rotatable bonds is 4. The van der Waals surface area contributed by atoms with Crippen molar-refractivity contribution in [3.8, 4) is 0 Å². The van der Waals surface area contributed by atoms with Gasteiger partial charge in [0.2, 0.25) is 0 Å². The van der Waals surface area contributed by atoms with E-state index in [-0.39, 0.29) is 38.1 Å². The Kier molecular flexibility index (Phi) is 5.31. The van der Waals surface area contributed by atoms with Crippen LogP contribution >= 0.6 is 0 Å². The van der Waals surface area contributed by atoms with Gasteiger partial charge in [-0.15, -0.1) is 0 Å². The van der Waals surface area contributed by atoms with Crippen molar-refractivity contribution >= 4 is 10.0 Å². The topological polar surface area (TPSA) is 69.6 Å². The van der Waals surface area contributed by atoms with Crippen molar-refractivity contribution in [3.63, 3.8) is 0 Å². The fourth-order valence-corrected chi connectivity index (χ4v) is 3.84. The van der Waals surface area contributed by atoms with Crippen molar-refractivity contribution in [1.29, 1.82) is 0 Å². The number of hydrogen-bond donors (Lipinski definition) is 2. The molecule has 0 bridgehead atoms. The fraction of sp³-hybridized carbons (Fsp3) is 0.692. The molecular weight excluding hydrogens is 321 g/mol. The second-order valence-electron chi connectivity index (χ2n) is 5.40. The maximum Gasteiger partial charge on any atom is 0.511 e. The van der Waals surface area contributed by atoms with Gasteiger partial charge in [0.05, 0.1) is 6.61 Å². The van der Waals surface area contributed by atoms with E-state index in [1.165, 1.54) is 6.08 Å². The first kappa shape index (κ1) is 17.5. The van der Waals surface area contributed by atoms with E-state index in [1.807, 2.05) is 6.08 Å². The fourth-order valence-electron chi connectivity index (χ4n) is 2.71. The number of aliphatic hydroxyl groups is 1. The van der Waals surface area contributed by atoms with Crippen molar-refractivity contribution in [3.05, 3.63) is 24.3 Å². The zero-order chi connectivity index (χ0) is 16.4. The van der Waals surface area contributed by atoms with Gasteiger partial charge in [0.15, 0.2) is 0 Å². The van der Waals surface area contributed by atoms with Crippen LogP contribution in [0.15, 0.2) is 24.3 Å². The first-order valence-corrected chi connectivity index (χ1v) is 8.48. The molecule has 126 valence electrons. The lowest BCUT2D eigenvalue weighted by Gasteiger charge is -2.35. The lowest BCUT2D eigenvalue weighted by atomic mass is 9.99. The molecule has 3 atom stereocenters. The van der Waals surface area contributed by atoms with Gasteiger partial charge < -0.3 is 10.4 Å². The average molecular weight is 340 g/mol. The molecule has 2 aliphatic heterocycles. The second kappa shape index (κ2) is 6.69. The van der Waals surface area contributed by atoms with Gasteiger partial charge in [-0.1, -0.05) is 24.3 Å². The Hall–Kier alpha value is -0.900. The van der Waals surface area contributed by atoms with Gasteiger partial charge >= 0.3 is 15.5 Å². The molecule has 0 saturated heterocycles. The molecule has 22 heavy (non-hydrogen) atoms. The van der Waals surface area contributed by atoms with E-state index in [9.17, 15) is 21.6 Å². The van der Waals surface area contributed by atoms with Crippen LogP contribution in [0.25, 0.3) is 0 Å². The SMILES string of the molecule is O=S(=O)(N1CCC=C[C@@H]1C[C@@H]1C=CC[C@H](CO)N1)C(F)(F)F. The minimum Gasteiger partial charge on any atom is -0.395 e. The predicted molar refractivity (Wildman–Crippen MR) is 75.4 cm³/mol. The van der Waals surface area contributed by atoms with Gasteiger partial charge in [-0.2, -0.15) is 17.5 Å². The highest BCUT2D eigenvalue weighted by atomic mass is 32.2. The zero-order valence-corrected chi connectivity index (χ0v) is 12.6. The number of hydrogen-bond acceptors (Lipinski definition) is 4. The van der Waals surface area contributed by atoms with E-state index >= 15 is 0 Å². The lowest BCUT2D eigenvalue weighted by Crippen LogP contribution is -2.51. The molecule has 2 aliphatic rings. The molecule has 0 radical (unpaired) electrons. The van der Waals surface area contributed by atoms with Gasteiger partial charge in [0.25, 0.3) is 0 Å². The summed E-state index contributed by atoms with van der Waals surface area (Å²) in [6.07, 6.45) is 7.94. The predicted octanol–water partition coefficient (Wildman–Crippen LogP) is 1.14. The van der Waals surface area contributed by atoms with Crippen molar-refractivity contribution in [2.24, 2.45) is 0 Å². The van der Waals surface area contributed by atoms with Crippen LogP contribution < -0.4 is 5.32 Å². The third kappa shape index (κ3) is 3.70. The molecule has 5 nitrogen and oxygen atoms in total. The lowest BCUT2D eigenvalue weighted by molar-refractivity contribution is -0.0498. The normalized spacial score (nSPS) is 30.6. The van der Waals surface area contributed by atoms with Gasteiger partial charge in [-0.25, -0.2) is 8.42 Å². The van der Waals surface area contributed by atoms with E-state index in [0.717, 1.165) is 0 Å². The Morgan fingerprint density at radius 3 is 2.64 bits per heavy atom. The van der Waals surface area contributed by atoms with E-state index in [2.05, 4.69) is 5.32 Å². The van der Waals surface area contributed by atoms with E-state index in [0.29, 0.717) is 10.7 Å². The Labute approximate surface area is 127 Å². The molecule has 0 spiro atoms. The monoisotopic (exact) mass is 340 g/mol. The van der Waals surface area contributed by atoms with Crippen molar-refractivity contribution in [1.82, 2.24) is 9.62 Å². The minimum atomic E-state index is -5.34. The summed E-state index contributed by atoms with van der Waals surface area (Å²) in [5.41, 5.74) is -5.29. The van der Waals surface area contributed by atoms with E-state index < -0.39 is 21.6 Å². The minimum absolute atomic E-state index is 0.0775. The third-order valence-electron chi connectivity index (χ3n) is 3.80. The quantitative estimate of drug-likeness (QED) is 0.753. The first-order chi connectivity index (χ1) is 10.3. The summed E-state index contributed by atoms with van der Waals surface area (Å²) in [7, 11) is -5.34. The van der Waals surface area contributed by atoms with Crippen molar-refractivity contribution in [2.75, 3.05) is 13.2 Å². The van der Waals surface area contributed by atoms with Crippen LogP contribution in [0.4, 0.5) is 13.2 Å². The molecule has 9 heteroatoms. The summed E-state index contributed by atoms with van der Waals surface area (Å²) < 4.78 is 62.2. The number of aliphatic hydroxyl groups excluding tert-OH is 1.